The van der Waals surface area contributed by atoms with E-state index in [1.807, 2.05) is 32.0 Å². The number of aryl methyl sites for hydroxylation is 3. The summed E-state index contributed by atoms with van der Waals surface area (Å²) >= 11 is 0. The number of hydrogen-bond donors (Lipinski definition) is 2. The summed E-state index contributed by atoms with van der Waals surface area (Å²) in [6.45, 7) is 6.41. The Morgan fingerprint density at radius 1 is 1.24 bits per heavy atom. The molecule has 3 rings (SSSR count). The summed E-state index contributed by atoms with van der Waals surface area (Å²) in [4.78, 5) is 26.0. The zero-order valence-electron chi connectivity index (χ0n) is 14.8. The predicted octanol–water partition coefficient (Wildman–Crippen LogP) is 1.59. The summed E-state index contributed by atoms with van der Waals surface area (Å²) < 4.78 is 0. The topological polar surface area (TPSA) is 88.9 Å². The van der Waals surface area contributed by atoms with Gasteiger partial charge in [0.2, 0.25) is 5.91 Å². The van der Waals surface area contributed by atoms with Crippen molar-refractivity contribution in [3.8, 4) is 5.69 Å². The lowest BCUT2D eigenvalue weighted by molar-refractivity contribution is -0.122. The lowest BCUT2D eigenvalue weighted by atomic mass is 10.1. The maximum atomic E-state index is 12.6. The first-order chi connectivity index (χ1) is 12.0. The van der Waals surface area contributed by atoms with Gasteiger partial charge in [-0.3, -0.25) is 9.59 Å². The van der Waals surface area contributed by atoms with Gasteiger partial charge in [0.05, 0.1) is 11.4 Å². The molecular formula is C18H23N5O2. The number of amides is 2. The number of hydrogen-bond acceptors (Lipinski definition) is 4. The normalized spacial score (nSPS) is 17.7. The minimum Gasteiger partial charge on any atom is -0.354 e. The molecule has 0 aliphatic carbocycles. The average Bonchev–Trinajstić information content (AvgIpc) is 2.83. The van der Waals surface area contributed by atoms with Gasteiger partial charge in [-0.05, 0) is 51.7 Å². The van der Waals surface area contributed by atoms with Crippen molar-refractivity contribution in [2.45, 2.75) is 46.1 Å². The van der Waals surface area contributed by atoms with Gasteiger partial charge in [-0.15, -0.1) is 5.10 Å². The summed E-state index contributed by atoms with van der Waals surface area (Å²) in [6, 6.07) is 5.45. The zero-order chi connectivity index (χ0) is 18.0. The third kappa shape index (κ3) is 3.70. The van der Waals surface area contributed by atoms with Crippen LogP contribution in [0.1, 0.15) is 46.6 Å². The molecule has 7 heteroatoms. The fourth-order valence-corrected chi connectivity index (χ4v) is 3.03. The smallest absolute Gasteiger partial charge is 0.274 e. The van der Waals surface area contributed by atoms with Crippen LogP contribution >= 0.6 is 0 Å². The van der Waals surface area contributed by atoms with Gasteiger partial charge in [0, 0.05) is 6.54 Å². The summed E-state index contributed by atoms with van der Waals surface area (Å²) in [6.07, 6.45) is 2.47. The van der Waals surface area contributed by atoms with Gasteiger partial charge in [-0.2, -0.15) is 9.90 Å². The van der Waals surface area contributed by atoms with E-state index in [-0.39, 0.29) is 17.5 Å². The van der Waals surface area contributed by atoms with E-state index in [0.29, 0.717) is 18.7 Å². The van der Waals surface area contributed by atoms with Crippen molar-refractivity contribution in [3.63, 3.8) is 0 Å². The number of nitrogens with zero attached hydrogens (tertiary/aromatic N) is 3. The minimum absolute atomic E-state index is 0.134. The van der Waals surface area contributed by atoms with Crippen LogP contribution in [0.5, 0.6) is 0 Å². The second-order valence-electron chi connectivity index (χ2n) is 6.53. The lowest BCUT2D eigenvalue weighted by Crippen LogP contribution is -2.45. The maximum Gasteiger partial charge on any atom is 0.274 e. The largest absolute Gasteiger partial charge is 0.354 e. The Morgan fingerprint density at radius 2 is 2.04 bits per heavy atom. The molecule has 2 heterocycles. The minimum atomic E-state index is -0.513. The number of carbonyl (C=O) groups excluding carboxylic acids is 2. The molecule has 0 saturated carbocycles. The average molecular weight is 341 g/mol. The van der Waals surface area contributed by atoms with Crippen molar-refractivity contribution < 1.29 is 9.59 Å². The van der Waals surface area contributed by atoms with Crippen molar-refractivity contribution in [1.29, 1.82) is 0 Å². The van der Waals surface area contributed by atoms with Gasteiger partial charge in [0.1, 0.15) is 6.04 Å². The van der Waals surface area contributed by atoms with Gasteiger partial charge in [-0.1, -0.05) is 17.7 Å². The number of carbonyl (C=O) groups is 2. The molecule has 1 fully saturated rings. The highest BCUT2D eigenvalue weighted by Crippen LogP contribution is 2.15. The molecular weight excluding hydrogens is 318 g/mol. The molecule has 2 amide bonds. The van der Waals surface area contributed by atoms with Crippen LogP contribution in [0.4, 0.5) is 0 Å². The third-order valence-electron chi connectivity index (χ3n) is 4.41. The third-order valence-corrected chi connectivity index (χ3v) is 4.41. The molecule has 1 aromatic carbocycles. The highest BCUT2D eigenvalue weighted by Gasteiger charge is 2.25. The summed E-state index contributed by atoms with van der Waals surface area (Å²) in [7, 11) is 0. The molecule has 1 aromatic heterocycles. The van der Waals surface area contributed by atoms with Crippen LogP contribution in [0.25, 0.3) is 5.69 Å². The summed E-state index contributed by atoms with van der Waals surface area (Å²) in [5, 5.41) is 14.3. The first kappa shape index (κ1) is 17.1. The SMILES string of the molecule is Cc1ccc(-n2nc(C)c(C(=O)NC3CCCCNC3=O)n2)c(C)c1. The molecule has 1 aliphatic heterocycles. The van der Waals surface area contributed by atoms with Gasteiger partial charge in [-0.25, -0.2) is 0 Å². The molecule has 0 spiro atoms. The van der Waals surface area contributed by atoms with E-state index in [0.717, 1.165) is 29.7 Å². The van der Waals surface area contributed by atoms with Crippen LogP contribution in [0.2, 0.25) is 0 Å². The van der Waals surface area contributed by atoms with Gasteiger partial charge in [0.25, 0.3) is 5.91 Å². The second kappa shape index (κ2) is 7.04. The second-order valence-corrected chi connectivity index (χ2v) is 6.53. The first-order valence-corrected chi connectivity index (χ1v) is 8.56. The van der Waals surface area contributed by atoms with Crippen LogP contribution < -0.4 is 10.6 Å². The number of nitrogens with one attached hydrogen (secondary N) is 2. The van der Waals surface area contributed by atoms with Gasteiger partial charge >= 0.3 is 0 Å². The molecule has 2 aromatic rings. The molecule has 7 nitrogen and oxygen atoms in total. The van der Waals surface area contributed by atoms with E-state index in [1.54, 1.807) is 6.92 Å². The number of aromatic nitrogens is 3. The van der Waals surface area contributed by atoms with E-state index in [9.17, 15) is 9.59 Å². The van der Waals surface area contributed by atoms with E-state index in [2.05, 4.69) is 20.8 Å². The van der Waals surface area contributed by atoms with Gasteiger partial charge in [0.15, 0.2) is 5.69 Å². The number of benzene rings is 1. The Kier molecular flexibility index (Phi) is 4.83. The van der Waals surface area contributed by atoms with Crippen LogP contribution in [0, 0.1) is 20.8 Å². The Morgan fingerprint density at radius 3 is 2.80 bits per heavy atom. The lowest BCUT2D eigenvalue weighted by Gasteiger charge is -2.14. The molecule has 0 bridgehead atoms. The van der Waals surface area contributed by atoms with E-state index in [4.69, 9.17) is 0 Å². The van der Waals surface area contributed by atoms with Crippen molar-refractivity contribution in [1.82, 2.24) is 25.6 Å². The molecule has 25 heavy (non-hydrogen) atoms. The molecule has 1 aliphatic rings. The Labute approximate surface area is 146 Å². The van der Waals surface area contributed by atoms with Crippen molar-refractivity contribution in [2.75, 3.05) is 6.54 Å². The fourth-order valence-electron chi connectivity index (χ4n) is 3.03. The number of rotatable bonds is 3. The van der Waals surface area contributed by atoms with E-state index in [1.165, 1.54) is 4.80 Å². The van der Waals surface area contributed by atoms with Crippen LogP contribution in [-0.4, -0.2) is 39.4 Å². The van der Waals surface area contributed by atoms with E-state index >= 15 is 0 Å². The quantitative estimate of drug-likeness (QED) is 0.887. The summed E-state index contributed by atoms with van der Waals surface area (Å²) in [5.74, 6) is -0.499. The van der Waals surface area contributed by atoms with Crippen molar-refractivity contribution in [3.05, 3.63) is 40.7 Å². The van der Waals surface area contributed by atoms with Crippen molar-refractivity contribution >= 4 is 11.8 Å². The van der Waals surface area contributed by atoms with E-state index < -0.39 is 6.04 Å². The molecule has 132 valence electrons. The van der Waals surface area contributed by atoms with Crippen LogP contribution in [0.15, 0.2) is 18.2 Å². The Hall–Kier alpha value is -2.70. The van der Waals surface area contributed by atoms with Crippen LogP contribution in [0.3, 0.4) is 0 Å². The standard InChI is InChI=1S/C18H23N5O2/c1-11-7-8-15(12(2)10-11)23-21-13(3)16(22-23)18(25)20-14-6-4-5-9-19-17(14)24/h7-8,10,14H,4-6,9H2,1-3H3,(H,19,24)(H,20,25). The Balaban J connectivity index is 1.82. The zero-order valence-corrected chi connectivity index (χ0v) is 14.8. The predicted molar refractivity (Wildman–Crippen MR) is 93.7 cm³/mol. The monoisotopic (exact) mass is 341 g/mol. The Bertz CT molecular complexity index is 812. The molecule has 1 atom stereocenters. The van der Waals surface area contributed by atoms with Gasteiger partial charge < -0.3 is 10.6 Å². The molecule has 1 unspecified atom stereocenters. The fraction of sp³-hybridized carbons (Fsp3) is 0.444. The van der Waals surface area contributed by atoms with Crippen molar-refractivity contribution in [2.24, 2.45) is 0 Å². The summed E-state index contributed by atoms with van der Waals surface area (Å²) in [5.41, 5.74) is 3.80. The molecule has 2 N–H and O–H groups in total. The highest BCUT2D eigenvalue weighted by atomic mass is 16.2. The van der Waals surface area contributed by atoms with Crippen LogP contribution in [-0.2, 0) is 4.79 Å². The maximum absolute atomic E-state index is 12.6. The first-order valence-electron chi connectivity index (χ1n) is 8.56. The molecule has 1 saturated heterocycles. The highest BCUT2D eigenvalue weighted by molar-refractivity contribution is 5.96. The molecule has 0 radical (unpaired) electrons.